The van der Waals surface area contributed by atoms with Gasteiger partial charge in [0.05, 0.1) is 10.7 Å². The Morgan fingerprint density at radius 3 is 2.47 bits per heavy atom. The maximum absolute atomic E-state index is 6.02. The molecule has 0 radical (unpaired) electrons. The standard InChI is InChI=1S/C15H27N3S/c1-4-9-18(14-7-5-13(16)6-8-14)10-15-11(2)17-12(3)19-15/h13-14H,4-10,16H2,1-3H3. The van der Waals surface area contributed by atoms with Crippen molar-refractivity contribution in [3.8, 4) is 0 Å². The zero-order valence-electron chi connectivity index (χ0n) is 12.5. The fraction of sp³-hybridized carbons (Fsp3) is 0.800. The van der Waals surface area contributed by atoms with Gasteiger partial charge in [0.25, 0.3) is 0 Å². The van der Waals surface area contributed by atoms with Gasteiger partial charge >= 0.3 is 0 Å². The number of nitrogens with two attached hydrogens (primary N) is 1. The van der Waals surface area contributed by atoms with Gasteiger partial charge in [-0.2, -0.15) is 0 Å². The first-order chi connectivity index (χ1) is 9.10. The van der Waals surface area contributed by atoms with E-state index in [0.29, 0.717) is 6.04 Å². The molecule has 19 heavy (non-hydrogen) atoms. The molecule has 1 fully saturated rings. The first-order valence-electron chi connectivity index (χ1n) is 7.52. The number of hydrogen-bond acceptors (Lipinski definition) is 4. The maximum atomic E-state index is 6.02. The molecule has 2 rings (SSSR count). The predicted octanol–water partition coefficient (Wildman–Crippen LogP) is 3.24. The Bertz CT molecular complexity index is 394. The van der Waals surface area contributed by atoms with Crippen molar-refractivity contribution in [2.24, 2.45) is 5.73 Å². The molecule has 0 amide bonds. The third-order valence-corrected chi connectivity index (χ3v) is 5.17. The normalized spacial score (nSPS) is 24.1. The average Bonchev–Trinajstić information content (AvgIpc) is 2.68. The Labute approximate surface area is 121 Å². The second kappa shape index (κ2) is 6.82. The van der Waals surface area contributed by atoms with Crippen LogP contribution in [0.1, 0.15) is 54.6 Å². The van der Waals surface area contributed by atoms with Crippen molar-refractivity contribution in [3.05, 3.63) is 15.6 Å². The summed E-state index contributed by atoms with van der Waals surface area (Å²) >= 11 is 1.86. The number of aryl methyl sites for hydroxylation is 2. The number of aromatic nitrogens is 1. The Hall–Kier alpha value is -0.450. The Kier molecular flexibility index (Phi) is 5.37. The first-order valence-corrected chi connectivity index (χ1v) is 8.34. The summed E-state index contributed by atoms with van der Waals surface area (Å²) in [7, 11) is 0. The average molecular weight is 281 g/mol. The molecule has 4 heteroatoms. The number of hydrogen-bond donors (Lipinski definition) is 1. The van der Waals surface area contributed by atoms with E-state index < -0.39 is 0 Å². The zero-order valence-corrected chi connectivity index (χ0v) is 13.3. The lowest BCUT2D eigenvalue weighted by molar-refractivity contribution is 0.143. The van der Waals surface area contributed by atoms with Crippen LogP contribution in [0, 0.1) is 13.8 Å². The van der Waals surface area contributed by atoms with Gasteiger partial charge in [-0.05, 0) is 52.5 Å². The number of rotatable bonds is 5. The van der Waals surface area contributed by atoms with Crippen LogP contribution < -0.4 is 5.73 Å². The van der Waals surface area contributed by atoms with Crippen molar-refractivity contribution in [1.82, 2.24) is 9.88 Å². The Balaban J connectivity index is 2.01. The Morgan fingerprint density at radius 2 is 1.95 bits per heavy atom. The van der Waals surface area contributed by atoms with Crippen molar-refractivity contribution in [3.63, 3.8) is 0 Å². The second-order valence-corrected chi connectivity index (χ2v) is 7.07. The molecule has 108 valence electrons. The molecule has 2 N–H and O–H groups in total. The molecule has 0 atom stereocenters. The van der Waals surface area contributed by atoms with Crippen LogP contribution in [-0.2, 0) is 6.54 Å². The lowest BCUT2D eigenvalue weighted by Crippen LogP contribution is -2.40. The summed E-state index contributed by atoms with van der Waals surface area (Å²) in [4.78, 5) is 8.66. The van der Waals surface area contributed by atoms with Gasteiger partial charge in [0.2, 0.25) is 0 Å². The largest absolute Gasteiger partial charge is 0.328 e. The van der Waals surface area contributed by atoms with E-state index in [-0.39, 0.29) is 0 Å². The van der Waals surface area contributed by atoms with Gasteiger partial charge in [0, 0.05) is 23.5 Å². The molecule has 0 aliphatic heterocycles. The van der Waals surface area contributed by atoms with E-state index >= 15 is 0 Å². The van der Waals surface area contributed by atoms with E-state index in [0.717, 1.165) is 12.6 Å². The fourth-order valence-electron chi connectivity index (χ4n) is 3.05. The zero-order chi connectivity index (χ0) is 13.8. The highest BCUT2D eigenvalue weighted by Gasteiger charge is 2.24. The van der Waals surface area contributed by atoms with Crippen molar-refractivity contribution >= 4 is 11.3 Å². The molecular formula is C15H27N3S. The van der Waals surface area contributed by atoms with Crippen molar-refractivity contribution in [2.75, 3.05) is 6.54 Å². The predicted molar refractivity (Wildman–Crippen MR) is 82.5 cm³/mol. The molecule has 3 nitrogen and oxygen atoms in total. The lowest BCUT2D eigenvalue weighted by Gasteiger charge is -2.35. The number of nitrogens with zero attached hydrogens (tertiary/aromatic N) is 2. The van der Waals surface area contributed by atoms with Crippen molar-refractivity contribution in [2.45, 2.75) is 71.5 Å². The van der Waals surface area contributed by atoms with Crippen LogP contribution in [0.15, 0.2) is 0 Å². The molecule has 0 saturated heterocycles. The van der Waals surface area contributed by atoms with Crippen LogP contribution in [0.3, 0.4) is 0 Å². The molecule has 0 spiro atoms. The maximum Gasteiger partial charge on any atom is 0.0900 e. The molecule has 1 heterocycles. The minimum absolute atomic E-state index is 0.437. The van der Waals surface area contributed by atoms with Gasteiger partial charge in [0.15, 0.2) is 0 Å². The fourth-order valence-corrected chi connectivity index (χ4v) is 4.01. The molecule has 0 bridgehead atoms. The summed E-state index contributed by atoms with van der Waals surface area (Å²) in [6.45, 7) is 8.78. The van der Waals surface area contributed by atoms with Gasteiger partial charge in [-0.1, -0.05) is 6.92 Å². The SMILES string of the molecule is CCCN(Cc1sc(C)nc1C)C1CCC(N)CC1. The van der Waals surface area contributed by atoms with E-state index in [4.69, 9.17) is 5.73 Å². The van der Waals surface area contributed by atoms with Gasteiger partial charge in [-0.25, -0.2) is 4.98 Å². The quantitative estimate of drug-likeness (QED) is 0.901. The van der Waals surface area contributed by atoms with Gasteiger partial charge in [-0.15, -0.1) is 11.3 Å². The van der Waals surface area contributed by atoms with Crippen LogP contribution in [0.2, 0.25) is 0 Å². The summed E-state index contributed by atoms with van der Waals surface area (Å²) in [5, 5.41) is 1.19. The van der Waals surface area contributed by atoms with Crippen LogP contribution in [0.5, 0.6) is 0 Å². The van der Waals surface area contributed by atoms with E-state index in [1.165, 1.54) is 54.2 Å². The molecule has 1 aromatic heterocycles. The van der Waals surface area contributed by atoms with Crippen LogP contribution in [-0.4, -0.2) is 28.5 Å². The lowest BCUT2D eigenvalue weighted by atomic mass is 9.90. The summed E-state index contributed by atoms with van der Waals surface area (Å²) in [6, 6.07) is 1.16. The van der Waals surface area contributed by atoms with Crippen LogP contribution in [0.4, 0.5) is 0 Å². The molecule has 1 aliphatic carbocycles. The van der Waals surface area contributed by atoms with Gasteiger partial charge in [0.1, 0.15) is 0 Å². The highest BCUT2D eigenvalue weighted by molar-refractivity contribution is 7.11. The smallest absolute Gasteiger partial charge is 0.0900 e. The highest BCUT2D eigenvalue weighted by Crippen LogP contribution is 2.26. The summed E-state index contributed by atoms with van der Waals surface area (Å²) < 4.78 is 0. The van der Waals surface area contributed by atoms with E-state index in [2.05, 4.69) is 30.7 Å². The Morgan fingerprint density at radius 1 is 1.26 bits per heavy atom. The van der Waals surface area contributed by atoms with Gasteiger partial charge in [-0.3, -0.25) is 4.90 Å². The van der Waals surface area contributed by atoms with E-state index in [1.54, 1.807) is 0 Å². The first kappa shape index (κ1) is 14.9. The molecule has 1 aromatic rings. The van der Waals surface area contributed by atoms with E-state index in [9.17, 15) is 0 Å². The number of thiazole rings is 1. The minimum Gasteiger partial charge on any atom is -0.328 e. The van der Waals surface area contributed by atoms with E-state index in [1.807, 2.05) is 11.3 Å². The summed E-state index contributed by atoms with van der Waals surface area (Å²) in [5.41, 5.74) is 7.24. The van der Waals surface area contributed by atoms with Crippen molar-refractivity contribution in [1.29, 1.82) is 0 Å². The summed E-state index contributed by atoms with van der Waals surface area (Å²) in [5.74, 6) is 0. The minimum atomic E-state index is 0.437. The third-order valence-electron chi connectivity index (χ3n) is 4.11. The topological polar surface area (TPSA) is 42.2 Å². The summed E-state index contributed by atoms with van der Waals surface area (Å²) in [6.07, 6.45) is 6.12. The van der Waals surface area contributed by atoms with Crippen molar-refractivity contribution < 1.29 is 0 Å². The molecule has 1 saturated carbocycles. The second-order valence-electron chi connectivity index (χ2n) is 5.78. The highest BCUT2D eigenvalue weighted by atomic mass is 32.1. The molecule has 1 aliphatic rings. The molecule has 0 aromatic carbocycles. The van der Waals surface area contributed by atoms with Crippen LogP contribution >= 0.6 is 11.3 Å². The van der Waals surface area contributed by atoms with Gasteiger partial charge < -0.3 is 5.73 Å². The third kappa shape index (κ3) is 4.01. The monoisotopic (exact) mass is 281 g/mol. The molecule has 0 unspecified atom stereocenters. The van der Waals surface area contributed by atoms with Crippen LogP contribution in [0.25, 0.3) is 0 Å². The molecular weight excluding hydrogens is 254 g/mol.